The predicted molar refractivity (Wildman–Crippen MR) is 104 cm³/mol. The van der Waals surface area contributed by atoms with E-state index in [9.17, 15) is 19.5 Å². The van der Waals surface area contributed by atoms with E-state index in [0.29, 0.717) is 18.5 Å². The SMILES string of the molecule is COc1ccc(CNC(=O)CCN2C(=O)CCc3ccccc32)cc1C(=O)O. The lowest BCUT2D eigenvalue weighted by molar-refractivity contribution is -0.121. The Kier molecular flexibility index (Phi) is 5.93. The molecule has 2 aromatic carbocycles. The number of aromatic carboxylic acids is 1. The van der Waals surface area contributed by atoms with Crippen LogP contribution in [0.15, 0.2) is 42.5 Å². The lowest BCUT2D eigenvalue weighted by Crippen LogP contribution is -2.38. The number of amides is 2. The van der Waals surface area contributed by atoms with Gasteiger partial charge in [0, 0.05) is 31.6 Å². The van der Waals surface area contributed by atoms with Crippen molar-refractivity contribution in [3.8, 4) is 5.75 Å². The number of para-hydroxylation sites is 1. The number of ether oxygens (including phenoxy) is 1. The van der Waals surface area contributed by atoms with Crippen molar-refractivity contribution >= 4 is 23.5 Å². The van der Waals surface area contributed by atoms with E-state index >= 15 is 0 Å². The molecule has 1 aliphatic rings. The molecule has 0 spiro atoms. The second-order valence-corrected chi connectivity index (χ2v) is 6.54. The zero-order valence-electron chi connectivity index (χ0n) is 15.6. The van der Waals surface area contributed by atoms with Gasteiger partial charge in [0.2, 0.25) is 11.8 Å². The number of hydrogen-bond acceptors (Lipinski definition) is 4. The van der Waals surface area contributed by atoms with Gasteiger partial charge in [0.1, 0.15) is 11.3 Å². The number of rotatable bonds is 7. The minimum atomic E-state index is -1.09. The van der Waals surface area contributed by atoms with Crippen LogP contribution in [-0.2, 0) is 22.6 Å². The first-order chi connectivity index (χ1) is 13.5. The van der Waals surface area contributed by atoms with Crippen LogP contribution in [0, 0.1) is 0 Å². The number of fused-ring (bicyclic) bond motifs is 1. The fraction of sp³-hybridized carbons (Fsp3) is 0.286. The van der Waals surface area contributed by atoms with Crippen molar-refractivity contribution in [1.82, 2.24) is 5.32 Å². The molecule has 2 aromatic rings. The highest BCUT2D eigenvalue weighted by Crippen LogP contribution is 2.27. The molecule has 0 bridgehead atoms. The van der Waals surface area contributed by atoms with Crippen molar-refractivity contribution in [2.24, 2.45) is 0 Å². The van der Waals surface area contributed by atoms with Crippen molar-refractivity contribution in [3.05, 3.63) is 59.2 Å². The largest absolute Gasteiger partial charge is 0.496 e. The van der Waals surface area contributed by atoms with E-state index < -0.39 is 5.97 Å². The van der Waals surface area contributed by atoms with E-state index in [4.69, 9.17) is 4.74 Å². The fourth-order valence-electron chi connectivity index (χ4n) is 3.28. The Labute approximate surface area is 162 Å². The lowest BCUT2D eigenvalue weighted by atomic mass is 10.0. The fourth-order valence-corrected chi connectivity index (χ4v) is 3.28. The van der Waals surface area contributed by atoms with Gasteiger partial charge in [-0.3, -0.25) is 9.59 Å². The number of hydrogen-bond donors (Lipinski definition) is 2. The summed E-state index contributed by atoms with van der Waals surface area (Å²) in [5.74, 6) is -1.01. The molecule has 3 rings (SSSR count). The molecule has 28 heavy (non-hydrogen) atoms. The topological polar surface area (TPSA) is 95.9 Å². The van der Waals surface area contributed by atoms with E-state index in [-0.39, 0.29) is 36.1 Å². The Hall–Kier alpha value is -3.35. The van der Waals surface area contributed by atoms with Crippen LogP contribution < -0.4 is 15.0 Å². The Bertz CT molecular complexity index is 909. The van der Waals surface area contributed by atoms with Gasteiger partial charge in [-0.05, 0) is 35.7 Å². The van der Waals surface area contributed by atoms with Crippen molar-refractivity contribution in [2.75, 3.05) is 18.6 Å². The molecule has 2 amide bonds. The molecule has 0 saturated carbocycles. The smallest absolute Gasteiger partial charge is 0.339 e. The minimum absolute atomic E-state index is 0.0211. The summed E-state index contributed by atoms with van der Waals surface area (Å²) < 4.78 is 5.03. The van der Waals surface area contributed by atoms with Crippen LogP contribution in [0.3, 0.4) is 0 Å². The third-order valence-corrected chi connectivity index (χ3v) is 4.74. The number of anilines is 1. The summed E-state index contributed by atoms with van der Waals surface area (Å²) in [6, 6.07) is 12.5. The van der Waals surface area contributed by atoms with Crippen LogP contribution in [0.5, 0.6) is 5.75 Å². The molecule has 0 saturated heterocycles. The molecule has 1 heterocycles. The van der Waals surface area contributed by atoms with Gasteiger partial charge < -0.3 is 20.1 Å². The summed E-state index contributed by atoms with van der Waals surface area (Å²) in [5.41, 5.74) is 2.69. The number of nitrogens with one attached hydrogen (secondary N) is 1. The first-order valence-corrected chi connectivity index (χ1v) is 9.04. The zero-order chi connectivity index (χ0) is 20.1. The first kappa shape index (κ1) is 19.4. The summed E-state index contributed by atoms with van der Waals surface area (Å²) in [6.45, 7) is 0.512. The van der Waals surface area contributed by atoms with E-state index in [1.165, 1.54) is 13.2 Å². The van der Waals surface area contributed by atoms with Gasteiger partial charge in [0.15, 0.2) is 0 Å². The third-order valence-electron chi connectivity index (χ3n) is 4.74. The summed E-state index contributed by atoms with van der Waals surface area (Å²) in [6.07, 6.45) is 1.34. The van der Waals surface area contributed by atoms with Crippen molar-refractivity contribution in [3.63, 3.8) is 0 Å². The Morgan fingerprint density at radius 1 is 1.18 bits per heavy atom. The van der Waals surface area contributed by atoms with E-state index in [2.05, 4.69) is 5.32 Å². The maximum Gasteiger partial charge on any atom is 0.339 e. The highest BCUT2D eigenvalue weighted by Gasteiger charge is 2.24. The van der Waals surface area contributed by atoms with E-state index in [1.54, 1.807) is 17.0 Å². The second-order valence-electron chi connectivity index (χ2n) is 6.54. The molecule has 0 aliphatic carbocycles. The van der Waals surface area contributed by atoms with Crippen molar-refractivity contribution < 1.29 is 24.2 Å². The Morgan fingerprint density at radius 2 is 1.96 bits per heavy atom. The maximum atomic E-state index is 12.2. The summed E-state index contributed by atoms with van der Waals surface area (Å²) in [7, 11) is 1.41. The lowest BCUT2D eigenvalue weighted by Gasteiger charge is -2.29. The Balaban J connectivity index is 1.58. The first-order valence-electron chi connectivity index (χ1n) is 9.04. The third kappa shape index (κ3) is 4.31. The molecule has 0 atom stereocenters. The van der Waals surface area contributed by atoms with Gasteiger partial charge in [-0.15, -0.1) is 0 Å². The van der Waals surface area contributed by atoms with E-state index in [0.717, 1.165) is 17.7 Å². The van der Waals surface area contributed by atoms with Crippen LogP contribution in [0.4, 0.5) is 5.69 Å². The van der Waals surface area contributed by atoms with E-state index in [1.807, 2.05) is 24.3 Å². The summed E-state index contributed by atoms with van der Waals surface area (Å²) in [5, 5.41) is 12.0. The monoisotopic (exact) mass is 382 g/mol. The van der Waals surface area contributed by atoms with Crippen molar-refractivity contribution in [1.29, 1.82) is 0 Å². The van der Waals surface area contributed by atoms with Gasteiger partial charge in [-0.2, -0.15) is 0 Å². The second kappa shape index (κ2) is 8.56. The maximum absolute atomic E-state index is 12.2. The number of carbonyl (C=O) groups excluding carboxylic acids is 2. The normalized spacial score (nSPS) is 13.0. The number of nitrogens with zero attached hydrogens (tertiary/aromatic N) is 1. The van der Waals surface area contributed by atoms with Gasteiger partial charge in [-0.25, -0.2) is 4.79 Å². The van der Waals surface area contributed by atoms with Crippen LogP contribution >= 0.6 is 0 Å². The number of aryl methyl sites for hydroxylation is 1. The molecule has 0 aromatic heterocycles. The molecule has 0 fully saturated rings. The van der Waals surface area contributed by atoms with Gasteiger partial charge in [0.25, 0.3) is 0 Å². The number of carboxylic acid groups (broad SMARTS) is 1. The van der Waals surface area contributed by atoms with Gasteiger partial charge in [0.05, 0.1) is 7.11 Å². The highest BCUT2D eigenvalue weighted by atomic mass is 16.5. The molecule has 2 N–H and O–H groups in total. The van der Waals surface area contributed by atoms with Crippen LogP contribution in [0.2, 0.25) is 0 Å². The van der Waals surface area contributed by atoms with Crippen LogP contribution in [0.25, 0.3) is 0 Å². The zero-order valence-corrected chi connectivity index (χ0v) is 15.6. The predicted octanol–water partition coefficient (Wildman–Crippen LogP) is 2.38. The quantitative estimate of drug-likeness (QED) is 0.767. The number of benzene rings is 2. The molecule has 0 radical (unpaired) electrons. The van der Waals surface area contributed by atoms with Gasteiger partial charge in [-0.1, -0.05) is 24.3 Å². The molecule has 0 unspecified atom stereocenters. The molecular formula is C21H22N2O5. The number of carbonyl (C=O) groups is 3. The standard InChI is InChI=1S/C21H22N2O5/c1-28-18-8-6-14(12-16(18)21(26)27)13-22-19(24)10-11-23-17-5-3-2-4-15(17)7-9-20(23)25/h2-6,8,12H,7,9-11,13H2,1H3,(H,22,24)(H,26,27). The molecular weight excluding hydrogens is 360 g/mol. The average molecular weight is 382 g/mol. The summed E-state index contributed by atoms with van der Waals surface area (Å²) >= 11 is 0. The highest BCUT2D eigenvalue weighted by molar-refractivity contribution is 5.97. The minimum Gasteiger partial charge on any atom is -0.496 e. The number of methoxy groups -OCH3 is 1. The molecule has 7 nitrogen and oxygen atoms in total. The number of carboxylic acids is 1. The average Bonchev–Trinajstić information content (AvgIpc) is 2.71. The van der Waals surface area contributed by atoms with Gasteiger partial charge >= 0.3 is 5.97 Å². The molecule has 1 aliphatic heterocycles. The molecule has 146 valence electrons. The van der Waals surface area contributed by atoms with Crippen molar-refractivity contribution in [2.45, 2.75) is 25.8 Å². The molecule has 7 heteroatoms. The summed E-state index contributed by atoms with van der Waals surface area (Å²) in [4.78, 5) is 37.4. The Morgan fingerprint density at radius 3 is 2.71 bits per heavy atom. The van der Waals surface area contributed by atoms with Crippen LogP contribution in [0.1, 0.15) is 34.3 Å². The van der Waals surface area contributed by atoms with Crippen LogP contribution in [-0.4, -0.2) is 36.5 Å².